The van der Waals surface area contributed by atoms with E-state index in [1.807, 2.05) is 48.5 Å². The van der Waals surface area contributed by atoms with Gasteiger partial charge in [0.2, 0.25) is 0 Å². The lowest BCUT2D eigenvalue weighted by Crippen LogP contribution is -2.08. The van der Waals surface area contributed by atoms with Crippen molar-refractivity contribution in [2.45, 2.75) is 6.10 Å². The summed E-state index contributed by atoms with van der Waals surface area (Å²) in [5, 5.41) is 0.727. The number of hydrogen-bond donors (Lipinski definition) is 0. The summed E-state index contributed by atoms with van der Waals surface area (Å²) in [5.41, 5.74) is 2.14. The van der Waals surface area contributed by atoms with Crippen LogP contribution in [-0.2, 0) is 0 Å². The van der Waals surface area contributed by atoms with Crippen LogP contribution < -0.4 is 9.47 Å². The normalized spacial score (nSPS) is 16.6. The summed E-state index contributed by atoms with van der Waals surface area (Å²) < 4.78 is 11.2. The van der Waals surface area contributed by atoms with E-state index in [4.69, 9.17) is 21.1 Å². The molecule has 2 aromatic rings. The fourth-order valence-electron chi connectivity index (χ4n) is 2.08. The van der Waals surface area contributed by atoms with Gasteiger partial charge >= 0.3 is 0 Å². The maximum Gasteiger partial charge on any atom is 0.142 e. The van der Waals surface area contributed by atoms with Gasteiger partial charge in [-0.2, -0.15) is 0 Å². The van der Waals surface area contributed by atoms with Crippen molar-refractivity contribution >= 4 is 17.7 Å². The molecule has 19 heavy (non-hydrogen) atoms. The number of methoxy groups -OCH3 is 1. The maximum atomic E-state index is 5.99. The molecule has 0 N–H and O–H groups in total. The van der Waals surface area contributed by atoms with Crippen molar-refractivity contribution < 1.29 is 9.47 Å². The maximum absolute atomic E-state index is 5.99. The summed E-state index contributed by atoms with van der Waals surface area (Å²) >= 11 is 5.90. The summed E-state index contributed by atoms with van der Waals surface area (Å²) in [4.78, 5) is 0. The minimum Gasteiger partial charge on any atom is -0.497 e. The molecule has 0 radical (unpaired) electrons. The molecule has 1 aliphatic heterocycles. The second-order valence-corrected chi connectivity index (χ2v) is 4.79. The standard InChI is InChI=1S/C16H13ClO2/c1-18-14-8-4-12-5-9-15(19-16(12)10-14)11-2-6-13(17)7-3-11/h2-10,15H,1H3. The molecule has 1 heterocycles. The molecule has 96 valence electrons. The third-order valence-corrected chi connectivity index (χ3v) is 3.38. The first-order chi connectivity index (χ1) is 9.26. The fourth-order valence-corrected chi connectivity index (χ4v) is 2.21. The number of rotatable bonds is 2. The average Bonchev–Trinajstić information content (AvgIpc) is 2.47. The monoisotopic (exact) mass is 272 g/mol. The minimum atomic E-state index is -0.0862. The van der Waals surface area contributed by atoms with Crippen LogP contribution in [0.5, 0.6) is 11.5 Å². The Labute approximate surface area is 117 Å². The lowest BCUT2D eigenvalue weighted by molar-refractivity contribution is 0.250. The van der Waals surface area contributed by atoms with Gasteiger partial charge in [-0.05, 0) is 35.9 Å². The SMILES string of the molecule is COc1ccc2c(c1)OC(c1ccc(Cl)cc1)C=C2. The van der Waals surface area contributed by atoms with Crippen LogP contribution in [-0.4, -0.2) is 7.11 Å². The van der Waals surface area contributed by atoms with Crippen molar-refractivity contribution in [1.82, 2.24) is 0 Å². The average molecular weight is 273 g/mol. The summed E-state index contributed by atoms with van der Waals surface area (Å²) in [5.74, 6) is 1.63. The van der Waals surface area contributed by atoms with Crippen molar-refractivity contribution in [3.8, 4) is 11.5 Å². The first-order valence-electron chi connectivity index (χ1n) is 6.04. The first kappa shape index (κ1) is 12.1. The van der Waals surface area contributed by atoms with Crippen molar-refractivity contribution in [2.24, 2.45) is 0 Å². The van der Waals surface area contributed by atoms with Gasteiger partial charge < -0.3 is 9.47 Å². The minimum absolute atomic E-state index is 0.0862. The van der Waals surface area contributed by atoms with Gasteiger partial charge in [-0.3, -0.25) is 0 Å². The molecule has 0 bridgehead atoms. The molecule has 1 atom stereocenters. The predicted octanol–water partition coefficient (Wildman–Crippen LogP) is 4.50. The summed E-state index contributed by atoms with van der Waals surface area (Å²) in [6, 6.07) is 13.5. The molecule has 0 fully saturated rings. The zero-order valence-corrected chi connectivity index (χ0v) is 11.2. The van der Waals surface area contributed by atoms with Gasteiger partial charge in [0.1, 0.15) is 17.6 Å². The Hall–Kier alpha value is -1.93. The quantitative estimate of drug-likeness (QED) is 0.802. The van der Waals surface area contributed by atoms with E-state index < -0.39 is 0 Å². The van der Waals surface area contributed by atoms with Crippen LogP contribution in [0, 0.1) is 0 Å². The second kappa shape index (κ2) is 4.98. The molecule has 2 aromatic carbocycles. The van der Waals surface area contributed by atoms with E-state index in [1.54, 1.807) is 7.11 Å². The Balaban J connectivity index is 1.91. The highest BCUT2D eigenvalue weighted by molar-refractivity contribution is 6.30. The molecule has 1 unspecified atom stereocenters. The van der Waals surface area contributed by atoms with Crippen LogP contribution in [0.25, 0.3) is 6.08 Å². The van der Waals surface area contributed by atoms with Gasteiger partial charge in [0.25, 0.3) is 0 Å². The van der Waals surface area contributed by atoms with Gasteiger partial charge in [0, 0.05) is 16.7 Å². The molecule has 0 aliphatic carbocycles. The van der Waals surface area contributed by atoms with E-state index in [0.717, 1.165) is 27.6 Å². The highest BCUT2D eigenvalue weighted by Crippen LogP contribution is 2.35. The number of benzene rings is 2. The lowest BCUT2D eigenvalue weighted by atomic mass is 10.0. The third-order valence-electron chi connectivity index (χ3n) is 3.12. The van der Waals surface area contributed by atoms with Gasteiger partial charge in [0.15, 0.2) is 0 Å². The number of halogens is 1. The lowest BCUT2D eigenvalue weighted by Gasteiger charge is -2.22. The van der Waals surface area contributed by atoms with Crippen LogP contribution in [0.3, 0.4) is 0 Å². The van der Waals surface area contributed by atoms with Crippen LogP contribution in [0.1, 0.15) is 17.2 Å². The molecule has 1 aliphatic rings. The molecule has 3 rings (SSSR count). The Morgan fingerprint density at radius 2 is 1.89 bits per heavy atom. The number of ether oxygens (including phenoxy) is 2. The molecule has 0 saturated carbocycles. The van der Waals surface area contributed by atoms with E-state index in [0.29, 0.717) is 0 Å². The van der Waals surface area contributed by atoms with E-state index in [-0.39, 0.29) is 6.10 Å². The van der Waals surface area contributed by atoms with Gasteiger partial charge in [-0.25, -0.2) is 0 Å². The largest absolute Gasteiger partial charge is 0.497 e. The van der Waals surface area contributed by atoms with Crippen molar-refractivity contribution in [1.29, 1.82) is 0 Å². The second-order valence-electron chi connectivity index (χ2n) is 4.35. The molecule has 0 aromatic heterocycles. The highest BCUT2D eigenvalue weighted by atomic mass is 35.5. The van der Waals surface area contributed by atoms with Gasteiger partial charge in [-0.1, -0.05) is 29.8 Å². The molecule has 0 spiro atoms. The smallest absolute Gasteiger partial charge is 0.142 e. The fraction of sp³-hybridized carbons (Fsp3) is 0.125. The van der Waals surface area contributed by atoms with E-state index in [2.05, 4.69) is 6.08 Å². The van der Waals surface area contributed by atoms with Crippen molar-refractivity contribution in [3.05, 3.63) is 64.7 Å². The number of hydrogen-bond acceptors (Lipinski definition) is 2. The first-order valence-corrected chi connectivity index (χ1v) is 6.42. The van der Waals surface area contributed by atoms with Crippen LogP contribution >= 0.6 is 11.6 Å². The Morgan fingerprint density at radius 1 is 1.11 bits per heavy atom. The van der Waals surface area contributed by atoms with Crippen LogP contribution in [0.15, 0.2) is 48.5 Å². The van der Waals surface area contributed by atoms with Gasteiger partial charge in [0.05, 0.1) is 7.11 Å². The zero-order chi connectivity index (χ0) is 13.2. The van der Waals surface area contributed by atoms with Crippen LogP contribution in [0.2, 0.25) is 5.02 Å². The molecular formula is C16H13ClO2. The Kier molecular flexibility index (Phi) is 3.18. The summed E-state index contributed by atoms with van der Waals surface area (Å²) in [6.07, 6.45) is 4.02. The van der Waals surface area contributed by atoms with Crippen molar-refractivity contribution in [2.75, 3.05) is 7.11 Å². The van der Waals surface area contributed by atoms with Crippen molar-refractivity contribution in [3.63, 3.8) is 0 Å². The van der Waals surface area contributed by atoms with Gasteiger partial charge in [-0.15, -0.1) is 0 Å². The summed E-state index contributed by atoms with van der Waals surface area (Å²) in [6.45, 7) is 0. The molecule has 2 nitrogen and oxygen atoms in total. The molecule has 0 saturated heterocycles. The van der Waals surface area contributed by atoms with E-state index in [1.165, 1.54) is 0 Å². The van der Waals surface area contributed by atoms with E-state index >= 15 is 0 Å². The molecule has 3 heteroatoms. The number of fused-ring (bicyclic) bond motifs is 1. The summed E-state index contributed by atoms with van der Waals surface area (Å²) in [7, 11) is 1.65. The Bertz CT molecular complexity index is 617. The third kappa shape index (κ3) is 2.45. The van der Waals surface area contributed by atoms with E-state index in [9.17, 15) is 0 Å². The highest BCUT2D eigenvalue weighted by Gasteiger charge is 2.16. The Morgan fingerprint density at radius 3 is 2.63 bits per heavy atom. The zero-order valence-electron chi connectivity index (χ0n) is 10.5. The predicted molar refractivity (Wildman–Crippen MR) is 76.8 cm³/mol. The topological polar surface area (TPSA) is 18.5 Å². The molecule has 0 amide bonds. The van der Waals surface area contributed by atoms with Crippen LogP contribution in [0.4, 0.5) is 0 Å². The molecular weight excluding hydrogens is 260 g/mol.